The molecule has 3 heterocycles. The summed E-state index contributed by atoms with van der Waals surface area (Å²) in [5, 5.41) is 9.45. The number of anilines is 5. The third kappa shape index (κ3) is 5.25. The van der Waals surface area contributed by atoms with Crippen LogP contribution < -0.4 is 16.0 Å². The predicted octanol–water partition coefficient (Wildman–Crippen LogP) is 5.39. The molecule has 1 aliphatic carbocycles. The van der Waals surface area contributed by atoms with Crippen molar-refractivity contribution in [3.05, 3.63) is 107 Å². The lowest BCUT2D eigenvalue weighted by Gasteiger charge is -2.20. The first-order valence-corrected chi connectivity index (χ1v) is 11.3. The Morgan fingerprint density at radius 2 is 1.69 bits per heavy atom. The lowest BCUT2D eigenvalue weighted by Crippen LogP contribution is -2.18. The molecule has 1 aromatic carbocycles. The lowest BCUT2D eigenvalue weighted by atomic mass is 9.91. The number of pyridine rings is 3. The van der Waals surface area contributed by atoms with Gasteiger partial charge in [0, 0.05) is 58.9 Å². The lowest BCUT2D eigenvalue weighted by molar-refractivity contribution is 0.102. The van der Waals surface area contributed by atoms with E-state index in [2.05, 4.69) is 35.7 Å². The minimum absolute atomic E-state index is 0.00494. The first kappa shape index (κ1) is 22.0. The fourth-order valence-corrected chi connectivity index (χ4v) is 4.05. The van der Waals surface area contributed by atoms with Gasteiger partial charge in [0.15, 0.2) is 0 Å². The number of rotatable bonds is 6. The fraction of sp³-hybridized carbons (Fsp3) is 0.148. The summed E-state index contributed by atoms with van der Waals surface area (Å²) < 4.78 is 0. The number of aromatic nitrogens is 3. The maximum atomic E-state index is 12.8. The molecule has 172 valence electrons. The van der Waals surface area contributed by atoms with Crippen LogP contribution in [0, 0.1) is 6.57 Å². The van der Waals surface area contributed by atoms with Crippen molar-refractivity contribution in [1.29, 1.82) is 0 Å². The molecule has 0 fully saturated rings. The Balaban J connectivity index is 1.25. The highest BCUT2D eigenvalue weighted by atomic mass is 16.1. The van der Waals surface area contributed by atoms with E-state index in [1.165, 1.54) is 0 Å². The summed E-state index contributed by atoms with van der Waals surface area (Å²) in [6, 6.07) is 18.3. The molecule has 1 amide bonds. The molecule has 8 nitrogen and oxygen atoms in total. The number of aryl methyl sites for hydroxylation is 1. The molecule has 1 atom stereocenters. The van der Waals surface area contributed by atoms with E-state index in [4.69, 9.17) is 6.57 Å². The van der Waals surface area contributed by atoms with E-state index in [1.807, 2.05) is 42.5 Å². The van der Waals surface area contributed by atoms with Crippen LogP contribution in [-0.2, 0) is 12.8 Å². The second-order valence-corrected chi connectivity index (χ2v) is 8.23. The topological polar surface area (TPSA) is 96.2 Å². The predicted molar refractivity (Wildman–Crippen MR) is 136 cm³/mol. The highest BCUT2D eigenvalue weighted by Gasteiger charge is 2.25. The third-order valence-electron chi connectivity index (χ3n) is 5.85. The van der Waals surface area contributed by atoms with Crippen molar-refractivity contribution in [2.45, 2.75) is 25.3 Å². The molecular formula is C27H23N7O. The van der Waals surface area contributed by atoms with Gasteiger partial charge in [0.05, 0.1) is 6.42 Å². The quantitative estimate of drug-likeness (QED) is 0.333. The molecule has 0 saturated carbocycles. The average molecular weight is 462 g/mol. The van der Waals surface area contributed by atoms with Crippen molar-refractivity contribution in [3.63, 3.8) is 0 Å². The third-order valence-corrected chi connectivity index (χ3v) is 5.85. The van der Waals surface area contributed by atoms with E-state index in [-0.39, 0.29) is 11.9 Å². The number of benzene rings is 1. The van der Waals surface area contributed by atoms with Gasteiger partial charge in [0.2, 0.25) is 6.04 Å². The van der Waals surface area contributed by atoms with E-state index < -0.39 is 0 Å². The zero-order valence-electron chi connectivity index (χ0n) is 18.9. The standard InChI is InChI=1S/C27H23N7O/c1-28-21-9-10-23-22(17-21)24(13-16-30-23)31-19-7-5-18(6-8-19)27(35)34-26-4-2-3-25(33-26)32-20-11-14-29-15-12-20/h2-8,11-16,21H,9-10,17H2,(H,30,31)(H2,29,32,33,34,35). The second kappa shape index (κ2) is 10.0. The van der Waals surface area contributed by atoms with E-state index in [0.717, 1.165) is 41.2 Å². The fourth-order valence-electron chi connectivity index (χ4n) is 4.05. The van der Waals surface area contributed by atoms with Gasteiger partial charge in [-0.05, 0) is 61.0 Å². The highest BCUT2D eigenvalue weighted by molar-refractivity contribution is 6.04. The van der Waals surface area contributed by atoms with Crippen molar-refractivity contribution < 1.29 is 4.79 Å². The SMILES string of the molecule is [C-]#[N+]C1CCc2nccc(Nc3ccc(C(=O)Nc4cccc(Nc5ccncc5)n4)cc3)c2C1. The van der Waals surface area contributed by atoms with Gasteiger partial charge >= 0.3 is 0 Å². The monoisotopic (exact) mass is 461 g/mol. The summed E-state index contributed by atoms with van der Waals surface area (Å²) in [7, 11) is 0. The Morgan fingerprint density at radius 1 is 0.914 bits per heavy atom. The highest BCUT2D eigenvalue weighted by Crippen LogP contribution is 2.30. The van der Waals surface area contributed by atoms with Gasteiger partial charge in [0.1, 0.15) is 11.6 Å². The van der Waals surface area contributed by atoms with Crippen LogP contribution in [0.5, 0.6) is 0 Å². The first-order valence-electron chi connectivity index (χ1n) is 11.3. The van der Waals surface area contributed by atoms with Gasteiger partial charge in [-0.25, -0.2) is 11.6 Å². The number of hydrogen-bond acceptors (Lipinski definition) is 6. The molecule has 3 N–H and O–H groups in total. The normalized spacial score (nSPS) is 14.3. The molecule has 0 radical (unpaired) electrons. The van der Waals surface area contributed by atoms with Gasteiger partial charge in [-0.3, -0.25) is 14.8 Å². The second-order valence-electron chi connectivity index (χ2n) is 8.23. The Morgan fingerprint density at radius 3 is 2.49 bits per heavy atom. The number of amides is 1. The van der Waals surface area contributed by atoms with Crippen molar-refractivity contribution in [2.75, 3.05) is 16.0 Å². The Hall–Kier alpha value is -4.77. The van der Waals surface area contributed by atoms with E-state index >= 15 is 0 Å². The number of hydrogen-bond donors (Lipinski definition) is 3. The first-order chi connectivity index (χ1) is 17.2. The molecule has 3 aromatic heterocycles. The van der Waals surface area contributed by atoms with Crippen molar-refractivity contribution >= 4 is 34.6 Å². The molecule has 1 aliphatic rings. The molecule has 0 spiro atoms. The van der Waals surface area contributed by atoms with E-state index in [9.17, 15) is 4.79 Å². The maximum absolute atomic E-state index is 12.8. The van der Waals surface area contributed by atoms with Gasteiger partial charge in [-0.1, -0.05) is 6.07 Å². The molecule has 0 saturated heterocycles. The summed E-state index contributed by atoms with van der Waals surface area (Å²) in [6.45, 7) is 7.37. The van der Waals surface area contributed by atoms with Crippen LogP contribution in [0.15, 0.2) is 79.3 Å². The number of nitrogens with one attached hydrogen (secondary N) is 3. The van der Waals surface area contributed by atoms with Gasteiger partial charge in [0.25, 0.3) is 5.91 Å². The molecular weight excluding hydrogens is 438 g/mol. The maximum Gasteiger partial charge on any atom is 0.256 e. The largest absolute Gasteiger partial charge is 0.355 e. The summed E-state index contributed by atoms with van der Waals surface area (Å²) in [5.74, 6) is 0.829. The zero-order valence-corrected chi connectivity index (χ0v) is 18.9. The molecule has 35 heavy (non-hydrogen) atoms. The summed E-state index contributed by atoms with van der Waals surface area (Å²) in [6.07, 6.45) is 7.57. The smallest absolute Gasteiger partial charge is 0.256 e. The number of nitrogens with zero attached hydrogens (tertiary/aromatic N) is 4. The molecule has 0 bridgehead atoms. The Bertz CT molecular complexity index is 1380. The minimum Gasteiger partial charge on any atom is -0.355 e. The van der Waals surface area contributed by atoms with Crippen LogP contribution >= 0.6 is 0 Å². The molecule has 0 aliphatic heterocycles. The zero-order chi connectivity index (χ0) is 24.0. The van der Waals surface area contributed by atoms with Crippen LogP contribution in [0.3, 0.4) is 0 Å². The van der Waals surface area contributed by atoms with Gasteiger partial charge < -0.3 is 20.8 Å². The summed E-state index contributed by atoms with van der Waals surface area (Å²) in [4.78, 5) is 29.4. The van der Waals surface area contributed by atoms with Crippen LogP contribution in [0.4, 0.5) is 28.7 Å². The Kier molecular flexibility index (Phi) is 6.31. The van der Waals surface area contributed by atoms with Crippen LogP contribution in [0.1, 0.15) is 28.0 Å². The van der Waals surface area contributed by atoms with Crippen molar-refractivity contribution in [1.82, 2.24) is 15.0 Å². The van der Waals surface area contributed by atoms with Crippen LogP contribution in [0.25, 0.3) is 4.85 Å². The van der Waals surface area contributed by atoms with E-state index in [0.29, 0.717) is 23.6 Å². The number of carbonyl (C=O) groups is 1. The van der Waals surface area contributed by atoms with Crippen LogP contribution in [-0.4, -0.2) is 26.9 Å². The minimum atomic E-state index is -0.244. The van der Waals surface area contributed by atoms with Gasteiger partial charge in [-0.2, -0.15) is 0 Å². The number of fused-ring (bicyclic) bond motifs is 1. The molecule has 4 aromatic rings. The van der Waals surface area contributed by atoms with E-state index in [1.54, 1.807) is 36.8 Å². The van der Waals surface area contributed by atoms with Crippen molar-refractivity contribution in [2.24, 2.45) is 0 Å². The van der Waals surface area contributed by atoms with Gasteiger partial charge in [-0.15, -0.1) is 0 Å². The van der Waals surface area contributed by atoms with Crippen molar-refractivity contribution in [3.8, 4) is 0 Å². The Labute approximate surface area is 203 Å². The molecule has 1 unspecified atom stereocenters. The summed E-state index contributed by atoms with van der Waals surface area (Å²) in [5.41, 5.74) is 5.37. The average Bonchev–Trinajstić information content (AvgIpc) is 2.90. The van der Waals surface area contributed by atoms with Crippen LogP contribution in [0.2, 0.25) is 0 Å². The summed E-state index contributed by atoms with van der Waals surface area (Å²) >= 11 is 0. The number of carbonyl (C=O) groups excluding carboxylic acids is 1. The molecule has 5 rings (SSSR count). The molecule has 8 heteroatoms.